The number of amides is 1. The van der Waals surface area contributed by atoms with Crippen LogP contribution in [0.5, 0.6) is 11.6 Å². The fraction of sp³-hybridized carbons (Fsp3) is 0.364. The highest BCUT2D eigenvalue weighted by Gasteiger charge is 2.45. The lowest BCUT2D eigenvalue weighted by atomic mass is 9.99. The largest absolute Gasteiger partial charge is 0.508 e. The Labute approximate surface area is 188 Å². The minimum atomic E-state index is -1.62. The number of aromatic nitrogens is 2. The molecule has 1 aromatic heterocycles. The zero-order chi connectivity index (χ0) is 23.7. The van der Waals surface area contributed by atoms with E-state index in [-0.39, 0.29) is 18.2 Å². The smallest absolute Gasteiger partial charge is 0.243 e. The number of rotatable bonds is 7. The van der Waals surface area contributed by atoms with E-state index in [1.807, 2.05) is 6.07 Å². The fourth-order valence-electron chi connectivity index (χ4n) is 3.87. The molecule has 3 aromatic rings. The molecule has 0 radical (unpaired) electrons. The molecule has 4 rings (SSSR count). The highest BCUT2D eigenvalue weighted by molar-refractivity contribution is 5.89. The van der Waals surface area contributed by atoms with Crippen molar-refractivity contribution in [2.45, 2.75) is 43.7 Å². The fourth-order valence-corrected chi connectivity index (χ4v) is 3.87. The lowest BCUT2D eigenvalue weighted by molar-refractivity contribution is -0.278. The van der Waals surface area contributed by atoms with Crippen molar-refractivity contribution in [2.24, 2.45) is 5.73 Å². The van der Waals surface area contributed by atoms with Crippen molar-refractivity contribution < 1.29 is 39.8 Å². The van der Waals surface area contributed by atoms with Crippen LogP contribution >= 0.6 is 0 Å². The molecule has 0 aliphatic carbocycles. The Morgan fingerprint density at radius 1 is 1.09 bits per heavy atom. The van der Waals surface area contributed by atoms with Gasteiger partial charge in [0.25, 0.3) is 0 Å². The van der Waals surface area contributed by atoms with Gasteiger partial charge >= 0.3 is 0 Å². The summed E-state index contributed by atoms with van der Waals surface area (Å²) >= 11 is 0. The Balaban J connectivity index is 1.74. The van der Waals surface area contributed by atoms with Crippen molar-refractivity contribution in [3.05, 3.63) is 53.6 Å². The van der Waals surface area contributed by atoms with E-state index in [1.54, 1.807) is 36.4 Å². The van der Waals surface area contributed by atoms with Crippen LogP contribution in [-0.4, -0.2) is 78.5 Å². The average molecular weight is 459 g/mol. The summed E-state index contributed by atoms with van der Waals surface area (Å²) in [7, 11) is 0. The van der Waals surface area contributed by atoms with Gasteiger partial charge in [-0.15, -0.1) is 5.10 Å². The first-order valence-electron chi connectivity index (χ1n) is 10.3. The lowest BCUT2D eigenvalue weighted by Gasteiger charge is -2.39. The molecule has 176 valence electrons. The Hall–Kier alpha value is -3.22. The Kier molecular flexibility index (Phi) is 6.49. The number of carbonyl (C=O) groups excluding carboxylic acids is 1. The van der Waals surface area contributed by atoms with E-state index >= 15 is 0 Å². The van der Waals surface area contributed by atoms with Crippen LogP contribution in [0, 0.1) is 0 Å². The minimum Gasteiger partial charge on any atom is -0.508 e. The van der Waals surface area contributed by atoms with Crippen LogP contribution in [0.1, 0.15) is 11.1 Å². The van der Waals surface area contributed by atoms with Gasteiger partial charge in [-0.3, -0.25) is 9.48 Å². The molecule has 1 aliphatic heterocycles. The summed E-state index contributed by atoms with van der Waals surface area (Å²) in [6, 6.07) is 12.0. The predicted octanol–water partition coefficient (Wildman–Crippen LogP) is -1.00. The van der Waals surface area contributed by atoms with E-state index in [4.69, 9.17) is 15.2 Å². The Bertz CT molecular complexity index is 1130. The van der Waals surface area contributed by atoms with Crippen molar-refractivity contribution in [3.63, 3.8) is 0 Å². The standard InChI is InChI=1S/C22H25N3O8/c23-16(28)9-25-14-3-1-2-12(8-11-4-6-13(27)7-5-11)17(14)21(24-25)33-22-20(31)19(30)18(29)15(10-26)32-22/h1-7,15,18-20,22,26-27,29-31H,8-10H2,(H2,23,28)/t15-,18-,19+,20-,22+/m1/s1. The van der Waals surface area contributed by atoms with Gasteiger partial charge in [0.05, 0.1) is 17.5 Å². The van der Waals surface area contributed by atoms with E-state index in [0.717, 1.165) is 11.1 Å². The van der Waals surface area contributed by atoms with Crippen molar-refractivity contribution in [1.82, 2.24) is 9.78 Å². The summed E-state index contributed by atoms with van der Waals surface area (Å²) in [5, 5.41) is 54.3. The molecule has 0 saturated carbocycles. The molecule has 7 N–H and O–H groups in total. The molecule has 1 amide bonds. The van der Waals surface area contributed by atoms with Crippen LogP contribution in [-0.2, 0) is 22.5 Å². The van der Waals surface area contributed by atoms with Crippen LogP contribution in [0.3, 0.4) is 0 Å². The number of carbonyl (C=O) groups is 1. The zero-order valence-electron chi connectivity index (χ0n) is 17.5. The molecule has 5 atom stereocenters. The van der Waals surface area contributed by atoms with Crippen molar-refractivity contribution in [3.8, 4) is 11.6 Å². The number of hydrogen-bond donors (Lipinski definition) is 6. The molecule has 11 heteroatoms. The quantitative estimate of drug-likeness (QED) is 0.258. The average Bonchev–Trinajstić information content (AvgIpc) is 3.13. The second kappa shape index (κ2) is 9.33. The first-order valence-corrected chi connectivity index (χ1v) is 10.3. The summed E-state index contributed by atoms with van der Waals surface area (Å²) in [6.07, 6.45) is -6.92. The molecule has 33 heavy (non-hydrogen) atoms. The molecule has 0 bridgehead atoms. The number of nitrogens with zero attached hydrogens (tertiary/aromatic N) is 2. The van der Waals surface area contributed by atoms with Gasteiger partial charge in [0.2, 0.25) is 18.1 Å². The van der Waals surface area contributed by atoms with Gasteiger partial charge in [-0.1, -0.05) is 24.3 Å². The van der Waals surface area contributed by atoms with Gasteiger partial charge in [-0.2, -0.15) is 0 Å². The third-order valence-electron chi connectivity index (χ3n) is 5.54. The van der Waals surface area contributed by atoms with Gasteiger partial charge in [0, 0.05) is 0 Å². The maximum atomic E-state index is 11.6. The maximum absolute atomic E-state index is 11.6. The third-order valence-corrected chi connectivity index (χ3v) is 5.54. The van der Waals surface area contributed by atoms with Crippen LogP contribution < -0.4 is 10.5 Å². The number of phenols is 1. The molecule has 2 heterocycles. The van der Waals surface area contributed by atoms with E-state index in [0.29, 0.717) is 17.3 Å². The van der Waals surface area contributed by atoms with E-state index in [9.17, 15) is 30.3 Å². The van der Waals surface area contributed by atoms with Crippen LogP contribution in [0.25, 0.3) is 10.9 Å². The first kappa shape index (κ1) is 23.0. The molecule has 1 aliphatic rings. The van der Waals surface area contributed by atoms with Crippen molar-refractivity contribution in [2.75, 3.05) is 6.61 Å². The predicted molar refractivity (Wildman–Crippen MR) is 114 cm³/mol. The number of nitrogens with two attached hydrogens (primary N) is 1. The second-order valence-corrected chi connectivity index (χ2v) is 7.90. The van der Waals surface area contributed by atoms with Gasteiger partial charge in [0.1, 0.15) is 36.7 Å². The molecular weight excluding hydrogens is 434 g/mol. The number of ether oxygens (including phenoxy) is 2. The zero-order valence-corrected chi connectivity index (χ0v) is 17.5. The molecular formula is C22H25N3O8. The highest BCUT2D eigenvalue weighted by atomic mass is 16.7. The van der Waals surface area contributed by atoms with Gasteiger partial charge < -0.3 is 40.7 Å². The maximum Gasteiger partial charge on any atom is 0.243 e. The third kappa shape index (κ3) is 4.63. The summed E-state index contributed by atoms with van der Waals surface area (Å²) in [5.74, 6) is -0.467. The highest BCUT2D eigenvalue weighted by Crippen LogP contribution is 2.33. The normalized spacial score (nSPS) is 25.3. The van der Waals surface area contributed by atoms with Gasteiger partial charge in [0.15, 0.2) is 0 Å². The van der Waals surface area contributed by atoms with Gasteiger partial charge in [-0.05, 0) is 35.7 Å². The van der Waals surface area contributed by atoms with Crippen LogP contribution in [0.4, 0.5) is 0 Å². The Morgan fingerprint density at radius 2 is 1.82 bits per heavy atom. The monoisotopic (exact) mass is 459 g/mol. The number of primary amides is 1. The summed E-state index contributed by atoms with van der Waals surface area (Å²) < 4.78 is 12.6. The second-order valence-electron chi connectivity index (χ2n) is 7.90. The van der Waals surface area contributed by atoms with E-state index in [2.05, 4.69) is 5.10 Å². The van der Waals surface area contributed by atoms with E-state index < -0.39 is 43.2 Å². The topological polar surface area (TPSA) is 181 Å². The minimum absolute atomic E-state index is 0.0185. The molecule has 1 fully saturated rings. The van der Waals surface area contributed by atoms with Crippen LogP contribution in [0.2, 0.25) is 0 Å². The van der Waals surface area contributed by atoms with Crippen molar-refractivity contribution >= 4 is 16.8 Å². The molecule has 1 saturated heterocycles. The summed E-state index contributed by atoms with van der Waals surface area (Å²) in [6.45, 7) is -0.828. The van der Waals surface area contributed by atoms with E-state index in [1.165, 1.54) is 4.68 Å². The number of aromatic hydroxyl groups is 1. The molecule has 11 nitrogen and oxygen atoms in total. The summed E-state index contributed by atoms with van der Waals surface area (Å²) in [4.78, 5) is 11.6. The Morgan fingerprint density at radius 3 is 2.48 bits per heavy atom. The first-order chi connectivity index (χ1) is 15.8. The molecule has 0 unspecified atom stereocenters. The lowest BCUT2D eigenvalue weighted by Crippen LogP contribution is -2.60. The number of aliphatic hydroxyl groups is 4. The molecule has 0 spiro atoms. The SMILES string of the molecule is NC(=O)Cn1nc(O[C@@H]2O[C@H](CO)[C@@H](O)[C@H](O)[C@H]2O)c2c(Cc3ccc(O)cc3)cccc21. The summed E-state index contributed by atoms with van der Waals surface area (Å²) in [5.41, 5.74) is 7.57. The number of fused-ring (bicyclic) bond motifs is 1. The number of aliphatic hydroxyl groups excluding tert-OH is 4. The number of phenolic OH excluding ortho intramolecular Hbond substituents is 1. The van der Waals surface area contributed by atoms with Crippen molar-refractivity contribution in [1.29, 1.82) is 0 Å². The molecule has 2 aromatic carbocycles. The number of hydrogen-bond acceptors (Lipinski definition) is 9. The van der Waals surface area contributed by atoms with Crippen LogP contribution in [0.15, 0.2) is 42.5 Å². The number of benzene rings is 2. The van der Waals surface area contributed by atoms with Gasteiger partial charge in [-0.25, -0.2) is 0 Å².